The Morgan fingerprint density at radius 3 is 2.28 bits per heavy atom. The molecular formula is C30H32N2O3S. The Balaban J connectivity index is 1.46. The van der Waals surface area contributed by atoms with Crippen molar-refractivity contribution in [2.75, 3.05) is 4.90 Å². The molecule has 0 bridgehead atoms. The molecule has 1 saturated carbocycles. The highest BCUT2D eigenvalue weighted by atomic mass is 32.1. The summed E-state index contributed by atoms with van der Waals surface area (Å²) in [6.45, 7) is 6.16. The molecule has 186 valence electrons. The smallest absolute Gasteiger partial charge is 0.348 e. The van der Waals surface area contributed by atoms with Gasteiger partial charge in [-0.15, -0.1) is 11.3 Å². The number of carbonyl (C=O) groups is 2. The first-order valence-electron chi connectivity index (χ1n) is 12.7. The molecule has 5 rings (SSSR count). The maximum atomic E-state index is 13.6. The number of amides is 1. The van der Waals surface area contributed by atoms with Gasteiger partial charge in [-0.3, -0.25) is 4.79 Å². The van der Waals surface area contributed by atoms with Crippen molar-refractivity contribution in [3.8, 4) is 21.6 Å². The van der Waals surface area contributed by atoms with Gasteiger partial charge in [-0.05, 0) is 85.7 Å². The van der Waals surface area contributed by atoms with E-state index >= 15 is 0 Å². The van der Waals surface area contributed by atoms with Crippen LogP contribution in [0.1, 0.15) is 56.1 Å². The zero-order valence-corrected chi connectivity index (χ0v) is 21.8. The van der Waals surface area contributed by atoms with Gasteiger partial charge in [0.15, 0.2) is 0 Å². The van der Waals surface area contributed by atoms with Crippen LogP contribution in [0, 0.1) is 11.8 Å². The fourth-order valence-corrected chi connectivity index (χ4v) is 6.26. The van der Waals surface area contributed by atoms with E-state index in [0.29, 0.717) is 11.6 Å². The van der Waals surface area contributed by atoms with Crippen LogP contribution in [0.3, 0.4) is 0 Å². The summed E-state index contributed by atoms with van der Waals surface area (Å²) in [5.41, 5.74) is 4.77. The van der Waals surface area contributed by atoms with Gasteiger partial charge >= 0.3 is 5.97 Å². The summed E-state index contributed by atoms with van der Waals surface area (Å²) >= 11 is 1.24. The zero-order valence-electron chi connectivity index (χ0n) is 21.0. The summed E-state index contributed by atoms with van der Waals surface area (Å²) in [7, 11) is 0. The molecule has 1 aliphatic rings. The summed E-state index contributed by atoms with van der Waals surface area (Å²) in [4.78, 5) is 31.9. The Kier molecular flexibility index (Phi) is 6.71. The number of hydrogen-bond acceptors (Lipinski definition) is 3. The first kappa shape index (κ1) is 24.3. The number of carboxylic acid groups (broad SMARTS) is 1. The van der Waals surface area contributed by atoms with Crippen LogP contribution in [0.25, 0.3) is 32.5 Å². The number of carbonyl (C=O) groups excluding carboxylic acids is 1. The average molecular weight is 501 g/mol. The maximum Gasteiger partial charge on any atom is 0.348 e. The fourth-order valence-electron chi connectivity index (χ4n) is 5.27. The lowest BCUT2D eigenvalue weighted by Gasteiger charge is -2.33. The molecule has 1 aliphatic carbocycles. The molecule has 2 heterocycles. The van der Waals surface area contributed by atoms with Gasteiger partial charge in [-0.2, -0.15) is 0 Å². The molecule has 36 heavy (non-hydrogen) atoms. The number of nitrogens with zero attached hydrogens (tertiary/aromatic N) is 1. The van der Waals surface area contributed by atoms with Gasteiger partial charge in [0, 0.05) is 28.6 Å². The van der Waals surface area contributed by atoms with Gasteiger partial charge in [0.25, 0.3) is 0 Å². The highest BCUT2D eigenvalue weighted by molar-refractivity contribution is 7.18. The molecule has 0 radical (unpaired) electrons. The number of aromatic carboxylic acids is 1. The lowest BCUT2D eigenvalue weighted by atomic mass is 9.82. The number of hydrogen-bond donors (Lipinski definition) is 2. The molecule has 4 aromatic rings. The quantitative estimate of drug-likeness (QED) is 0.283. The van der Waals surface area contributed by atoms with E-state index in [1.54, 1.807) is 4.90 Å². The predicted molar refractivity (Wildman–Crippen MR) is 148 cm³/mol. The molecule has 1 amide bonds. The van der Waals surface area contributed by atoms with E-state index < -0.39 is 5.97 Å². The highest BCUT2D eigenvalue weighted by Crippen LogP contribution is 2.40. The Bertz CT molecular complexity index is 1390. The van der Waals surface area contributed by atoms with Crippen molar-refractivity contribution in [3.63, 3.8) is 0 Å². The Labute approximate surface area is 215 Å². The third-order valence-electron chi connectivity index (χ3n) is 7.34. The predicted octanol–water partition coefficient (Wildman–Crippen LogP) is 7.83. The second-order valence-corrected chi connectivity index (χ2v) is 11.3. The topological polar surface area (TPSA) is 73.4 Å². The van der Waals surface area contributed by atoms with Gasteiger partial charge in [0.2, 0.25) is 5.91 Å². The van der Waals surface area contributed by atoms with Gasteiger partial charge < -0.3 is 15.0 Å². The van der Waals surface area contributed by atoms with E-state index in [4.69, 9.17) is 0 Å². The number of anilines is 1. The lowest BCUT2D eigenvalue weighted by Crippen LogP contribution is -2.42. The van der Waals surface area contributed by atoms with Gasteiger partial charge in [-0.25, -0.2) is 4.79 Å². The Morgan fingerprint density at radius 1 is 0.944 bits per heavy atom. The van der Waals surface area contributed by atoms with Crippen LogP contribution < -0.4 is 4.90 Å². The number of H-pyrrole nitrogens is 1. The minimum absolute atomic E-state index is 0.0371. The normalized spacial score (nSPS) is 18.0. The van der Waals surface area contributed by atoms with E-state index in [1.165, 1.54) is 16.7 Å². The highest BCUT2D eigenvalue weighted by Gasteiger charge is 2.33. The molecule has 2 N–H and O–H groups in total. The van der Waals surface area contributed by atoms with E-state index in [2.05, 4.69) is 48.3 Å². The molecule has 0 aliphatic heterocycles. The monoisotopic (exact) mass is 500 g/mol. The van der Waals surface area contributed by atoms with Crippen molar-refractivity contribution in [3.05, 3.63) is 65.7 Å². The number of fused-ring (bicyclic) bond motifs is 1. The Hall–Kier alpha value is -3.38. The van der Waals surface area contributed by atoms with Crippen LogP contribution in [-0.2, 0) is 4.79 Å². The molecule has 2 aromatic heterocycles. The minimum Gasteiger partial charge on any atom is -0.477 e. The van der Waals surface area contributed by atoms with Gasteiger partial charge in [-0.1, -0.05) is 43.3 Å². The second-order valence-electron chi connectivity index (χ2n) is 10.2. The maximum absolute atomic E-state index is 13.6. The third-order valence-corrected chi connectivity index (χ3v) is 8.50. The van der Waals surface area contributed by atoms with Crippen LogP contribution in [0.2, 0.25) is 0 Å². The van der Waals surface area contributed by atoms with Crippen molar-refractivity contribution in [1.29, 1.82) is 0 Å². The summed E-state index contributed by atoms with van der Waals surface area (Å²) < 4.78 is 0. The van der Waals surface area contributed by atoms with Gasteiger partial charge in [0.05, 0.1) is 5.69 Å². The van der Waals surface area contributed by atoms with Crippen LogP contribution in [0.15, 0.2) is 60.8 Å². The zero-order chi connectivity index (χ0) is 25.4. The third kappa shape index (κ3) is 4.70. The summed E-state index contributed by atoms with van der Waals surface area (Å²) in [5, 5.41) is 11.2. The largest absolute Gasteiger partial charge is 0.477 e. The molecule has 1 fully saturated rings. The summed E-state index contributed by atoms with van der Waals surface area (Å²) in [6, 6.07) is 18.3. The lowest BCUT2D eigenvalue weighted by molar-refractivity contribution is -0.123. The number of benzene rings is 2. The summed E-state index contributed by atoms with van der Waals surface area (Å²) in [6.07, 6.45) is 5.78. The number of rotatable bonds is 6. The molecule has 0 spiro atoms. The SMILES string of the molecule is CC1CCC(C(=O)N(c2cc(-c3ccc(-c4ccc5cc[nH]c5c4)cc3)sc2C(=O)O)C(C)C)CC1. The van der Waals surface area contributed by atoms with Crippen molar-refractivity contribution in [2.45, 2.75) is 52.5 Å². The molecule has 0 saturated heterocycles. The molecule has 6 heteroatoms. The van der Waals surface area contributed by atoms with Gasteiger partial charge in [0.1, 0.15) is 4.88 Å². The summed E-state index contributed by atoms with van der Waals surface area (Å²) in [5.74, 6) is -0.326. The second kappa shape index (κ2) is 9.94. The number of nitrogens with one attached hydrogen (secondary N) is 1. The Morgan fingerprint density at radius 2 is 1.61 bits per heavy atom. The number of carboxylic acids is 1. The average Bonchev–Trinajstić information content (AvgIpc) is 3.51. The van der Waals surface area contributed by atoms with Crippen LogP contribution in [0.5, 0.6) is 0 Å². The standard InChI is InChI=1S/C30H32N2O3S/c1-18(2)32(29(33)23-6-4-19(3)5-7-23)26-17-27(36-28(26)30(34)35)22-11-8-20(9-12-22)24-13-10-21-14-15-31-25(21)16-24/h8-19,23,31H,4-7H2,1-3H3,(H,34,35). The van der Waals surface area contributed by atoms with Crippen LogP contribution in [0.4, 0.5) is 5.69 Å². The molecular weight excluding hydrogens is 468 g/mol. The fraction of sp³-hybridized carbons (Fsp3) is 0.333. The molecule has 2 aromatic carbocycles. The first-order chi connectivity index (χ1) is 17.3. The van der Waals surface area contributed by atoms with Crippen molar-refractivity contribution >= 4 is 39.8 Å². The molecule has 0 atom stereocenters. The molecule has 5 nitrogen and oxygen atoms in total. The first-order valence-corrected chi connectivity index (χ1v) is 13.5. The van der Waals surface area contributed by atoms with Crippen molar-refractivity contribution in [1.82, 2.24) is 4.98 Å². The van der Waals surface area contributed by atoms with E-state index in [0.717, 1.165) is 52.8 Å². The van der Waals surface area contributed by atoms with E-state index in [1.807, 2.05) is 38.2 Å². The van der Waals surface area contributed by atoms with Crippen molar-refractivity contribution < 1.29 is 14.7 Å². The van der Waals surface area contributed by atoms with E-state index in [9.17, 15) is 14.7 Å². The number of aromatic amines is 1. The van der Waals surface area contributed by atoms with Crippen LogP contribution in [-0.4, -0.2) is 28.0 Å². The van der Waals surface area contributed by atoms with Crippen molar-refractivity contribution in [2.24, 2.45) is 11.8 Å². The minimum atomic E-state index is -0.993. The number of aromatic nitrogens is 1. The van der Waals surface area contributed by atoms with E-state index in [-0.39, 0.29) is 22.7 Å². The van der Waals surface area contributed by atoms with Crippen LogP contribution >= 0.6 is 11.3 Å². The molecule has 0 unspecified atom stereocenters. The number of thiophene rings is 1.